The average Bonchev–Trinajstić information content (AvgIpc) is 2.50. The molecule has 5 heteroatoms. The maximum atomic E-state index is 11.8. The molecule has 3 nitrogen and oxygen atoms in total. The topological polar surface area (TPSA) is 35.5 Å². The highest BCUT2D eigenvalue weighted by Gasteiger charge is 2.03. The largest absolute Gasteiger partial charge is 0.493 e. The van der Waals surface area contributed by atoms with E-state index in [0.717, 1.165) is 9.80 Å². The number of methoxy groups -OCH3 is 2. The summed E-state index contributed by atoms with van der Waals surface area (Å²) in [4.78, 5) is 11.8. The molecule has 1 rings (SSSR count). The molecular weight excluding hydrogens is 292 g/mol. The summed E-state index contributed by atoms with van der Waals surface area (Å²) in [6.45, 7) is 0. The van der Waals surface area contributed by atoms with Crippen LogP contribution in [0.2, 0.25) is 0 Å². The van der Waals surface area contributed by atoms with Gasteiger partial charge in [-0.25, -0.2) is 0 Å². The van der Waals surface area contributed by atoms with Gasteiger partial charge in [0.15, 0.2) is 17.3 Å². The van der Waals surface area contributed by atoms with Crippen LogP contribution >= 0.6 is 23.5 Å². The maximum Gasteiger partial charge on any atom is 0.180 e. The number of thioether (sulfide) groups is 2. The lowest BCUT2D eigenvalue weighted by atomic mass is 10.1. The third-order valence-corrected chi connectivity index (χ3v) is 4.55. The number of carbonyl (C=O) groups is 1. The van der Waals surface area contributed by atoms with Crippen LogP contribution in [0, 0.1) is 0 Å². The molecule has 0 amide bonds. The van der Waals surface area contributed by atoms with Crippen molar-refractivity contribution < 1.29 is 14.3 Å². The zero-order valence-electron chi connectivity index (χ0n) is 12.0. The Labute approximate surface area is 128 Å². The summed E-state index contributed by atoms with van der Waals surface area (Å²) < 4.78 is 11.4. The molecule has 0 atom stereocenters. The second-order valence-corrected chi connectivity index (χ2v) is 5.68. The number of hydrogen-bond acceptors (Lipinski definition) is 5. The quantitative estimate of drug-likeness (QED) is 0.715. The van der Waals surface area contributed by atoms with Gasteiger partial charge in [-0.1, -0.05) is 12.1 Å². The zero-order valence-corrected chi connectivity index (χ0v) is 13.6. The van der Waals surface area contributed by atoms with E-state index in [2.05, 4.69) is 0 Å². The van der Waals surface area contributed by atoms with Gasteiger partial charge >= 0.3 is 0 Å². The molecule has 0 unspecified atom stereocenters. The molecular formula is C15H18O3S2. The van der Waals surface area contributed by atoms with Gasteiger partial charge in [-0.05, 0) is 36.3 Å². The van der Waals surface area contributed by atoms with Crippen LogP contribution in [-0.4, -0.2) is 32.5 Å². The number of carbonyl (C=O) groups excluding carboxylic acids is 1. The second-order valence-electron chi connectivity index (χ2n) is 3.72. The summed E-state index contributed by atoms with van der Waals surface area (Å²) in [6, 6.07) is 5.52. The first-order valence-corrected chi connectivity index (χ1v) is 8.33. The van der Waals surface area contributed by atoms with Gasteiger partial charge < -0.3 is 9.47 Å². The molecule has 0 saturated heterocycles. The number of allylic oxidation sites excluding steroid dienone is 2. The SMILES string of the molecule is COc1ccc(/C=C/C(=O)C=C(SC)SC)cc1OC. The summed E-state index contributed by atoms with van der Waals surface area (Å²) >= 11 is 3.13. The molecule has 0 spiro atoms. The third kappa shape index (κ3) is 4.98. The van der Waals surface area contributed by atoms with Gasteiger partial charge in [-0.3, -0.25) is 4.79 Å². The van der Waals surface area contributed by atoms with E-state index in [1.165, 1.54) is 0 Å². The zero-order chi connectivity index (χ0) is 15.0. The standard InChI is InChI=1S/C15H18O3S2/c1-17-13-8-6-11(9-14(13)18-2)5-7-12(16)10-15(19-3)20-4/h5-10H,1-4H3/b7-5+. The lowest BCUT2D eigenvalue weighted by Gasteiger charge is -2.07. The highest BCUT2D eigenvalue weighted by molar-refractivity contribution is 8.21. The fraction of sp³-hybridized carbons (Fsp3) is 0.267. The summed E-state index contributed by atoms with van der Waals surface area (Å²) in [5.74, 6) is 1.29. The molecule has 20 heavy (non-hydrogen) atoms. The normalized spacial score (nSPS) is 10.4. The molecule has 0 aliphatic heterocycles. The van der Waals surface area contributed by atoms with Gasteiger partial charge in [0.2, 0.25) is 0 Å². The van der Waals surface area contributed by atoms with Crippen molar-refractivity contribution in [1.29, 1.82) is 0 Å². The molecule has 0 aliphatic rings. The molecule has 1 aromatic carbocycles. The van der Waals surface area contributed by atoms with Crippen molar-refractivity contribution in [2.24, 2.45) is 0 Å². The Hall–Kier alpha value is -1.33. The van der Waals surface area contributed by atoms with E-state index in [0.29, 0.717) is 11.5 Å². The number of ketones is 1. The first kappa shape index (κ1) is 16.7. The summed E-state index contributed by atoms with van der Waals surface area (Å²) in [6.07, 6.45) is 8.85. The molecule has 0 bridgehead atoms. The van der Waals surface area contributed by atoms with Gasteiger partial charge in [0.05, 0.1) is 14.2 Å². The van der Waals surface area contributed by atoms with Crippen LogP contribution in [0.3, 0.4) is 0 Å². The van der Waals surface area contributed by atoms with Gasteiger partial charge in [-0.15, -0.1) is 23.5 Å². The van der Waals surface area contributed by atoms with Crippen LogP contribution in [0.1, 0.15) is 5.56 Å². The monoisotopic (exact) mass is 310 g/mol. The van der Waals surface area contributed by atoms with Gasteiger partial charge in [0, 0.05) is 10.3 Å². The van der Waals surface area contributed by atoms with Crippen LogP contribution < -0.4 is 9.47 Å². The van der Waals surface area contributed by atoms with Crippen molar-refractivity contribution in [3.63, 3.8) is 0 Å². The molecule has 0 fully saturated rings. The predicted molar refractivity (Wildman–Crippen MR) is 88.7 cm³/mol. The van der Waals surface area contributed by atoms with E-state index in [1.54, 1.807) is 56.0 Å². The first-order valence-electron chi connectivity index (χ1n) is 5.88. The number of rotatable bonds is 7. The Balaban J connectivity index is 2.85. The van der Waals surface area contributed by atoms with Crippen molar-refractivity contribution in [3.05, 3.63) is 40.2 Å². The van der Waals surface area contributed by atoms with Crippen molar-refractivity contribution in [2.45, 2.75) is 0 Å². The Kier molecular flexibility index (Phi) is 7.33. The Morgan fingerprint density at radius 1 is 1.10 bits per heavy atom. The number of ether oxygens (including phenoxy) is 2. The fourth-order valence-corrected chi connectivity index (χ4v) is 2.63. The van der Waals surface area contributed by atoms with Gasteiger partial charge in [0.1, 0.15) is 0 Å². The van der Waals surface area contributed by atoms with E-state index >= 15 is 0 Å². The molecule has 0 saturated carbocycles. The minimum atomic E-state index is -0.0292. The van der Waals surface area contributed by atoms with E-state index in [1.807, 2.05) is 30.7 Å². The molecule has 0 N–H and O–H groups in total. The van der Waals surface area contributed by atoms with Crippen molar-refractivity contribution in [1.82, 2.24) is 0 Å². The van der Waals surface area contributed by atoms with Crippen LogP contribution in [0.4, 0.5) is 0 Å². The number of benzene rings is 1. The van der Waals surface area contributed by atoms with Gasteiger partial charge in [-0.2, -0.15) is 0 Å². The Morgan fingerprint density at radius 2 is 1.75 bits per heavy atom. The van der Waals surface area contributed by atoms with Crippen LogP contribution in [0.5, 0.6) is 11.5 Å². The Morgan fingerprint density at radius 3 is 2.30 bits per heavy atom. The van der Waals surface area contributed by atoms with Gasteiger partial charge in [0.25, 0.3) is 0 Å². The second kappa shape index (κ2) is 8.76. The molecule has 108 valence electrons. The summed E-state index contributed by atoms with van der Waals surface area (Å²) in [5, 5.41) is 0. The van der Waals surface area contributed by atoms with Crippen LogP contribution in [0.25, 0.3) is 6.08 Å². The first-order chi connectivity index (χ1) is 9.64. The average molecular weight is 310 g/mol. The van der Waals surface area contributed by atoms with Crippen molar-refractivity contribution >= 4 is 35.4 Å². The summed E-state index contributed by atoms with van der Waals surface area (Å²) in [7, 11) is 3.18. The highest BCUT2D eigenvalue weighted by Crippen LogP contribution is 2.28. The maximum absolute atomic E-state index is 11.8. The van der Waals surface area contributed by atoms with Crippen molar-refractivity contribution in [3.8, 4) is 11.5 Å². The van der Waals surface area contributed by atoms with E-state index in [4.69, 9.17) is 9.47 Å². The minimum absolute atomic E-state index is 0.0292. The Bertz CT molecular complexity index is 516. The number of hydrogen-bond donors (Lipinski definition) is 0. The smallest absolute Gasteiger partial charge is 0.180 e. The van der Waals surface area contributed by atoms with Crippen LogP contribution in [0.15, 0.2) is 34.6 Å². The summed E-state index contributed by atoms with van der Waals surface area (Å²) in [5.41, 5.74) is 0.888. The fourth-order valence-electron chi connectivity index (χ4n) is 1.50. The molecule has 1 aromatic rings. The third-order valence-electron chi connectivity index (χ3n) is 2.51. The minimum Gasteiger partial charge on any atom is -0.493 e. The van der Waals surface area contributed by atoms with E-state index < -0.39 is 0 Å². The van der Waals surface area contributed by atoms with Crippen molar-refractivity contribution in [2.75, 3.05) is 26.7 Å². The predicted octanol–water partition coefficient (Wildman–Crippen LogP) is 3.85. The molecule has 0 radical (unpaired) electrons. The lowest BCUT2D eigenvalue weighted by molar-refractivity contribution is -0.110. The van der Waals surface area contributed by atoms with E-state index in [-0.39, 0.29) is 5.78 Å². The van der Waals surface area contributed by atoms with Crippen LogP contribution in [-0.2, 0) is 4.79 Å². The highest BCUT2D eigenvalue weighted by atomic mass is 32.2. The molecule has 0 heterocycles. The lowest BCUT2D eigenvalue weighted by Crippen LogP contribution is -1.91. The molecule has 0 aliphatic carbocycles. The van der Waals surface area contributed by atoms with E-state index in [9.17, 15) is 4.79 Å². The molecule has 0 aromatic heterocycles.